The molecular weight excluding hydrogens is 332 g/mol. The number of dihydropyridines is 1. The smallest absolute Gasteiger partial charge is 0.158 e. The molecule has 27 heavy (non-hydrogen) atoms. The number of aryl methyl sites for hydroxylation is 1. The van der Waals surface area contributed by atoms with Gasteiger partial charge in [-0.05, 0) is 55.2 Å². The number of hydrogen-bond donors (Lipinski definition) is 1. The maximum Gasteiger partial charge on any atom is 0.158 e. The van der Waals surface area contributed by atoms with Crippen LogP contribution in [0.25, 0.3) is 28.4 Å². The largest absolute Gasteiger partial charge is 0.462 e. The van der Waals surface area contributed by atoms with Crippen LogP contribution in [-0.4, -0.2) is 11.1 Å². The van der Waals surface area contributed by atoms with Gasteiger partial charge < -0.3 is 10.1 Å². The Morgan fingerprint density at radius 3 is 2.93 bits per heavy atom. The average molecular weight is 354 g/mol. The number of benzene rings is 1. The van der Waals surface area contributed by atoms with Crippen LogP contribution >= 0.6 is 0 Å². The highest BCUT2D eigenvalue weighted by Gasteiger charge is 2.25. The van der Waals surface area contributed by atoms with E-state index in [1.54, 1.807) is 6.26 Å². The van der Waals surface area contributed by atoms with Crippen LogP contribution in [0.1, 0.15) is 30.2 Å². The zero-order chi connectivity index (χ0) is 18.4. The van der Waals surface area contributed by atoms with Crippen molar-refractivity contribution in [3.8, 4) is 5.75 Å². The summed E-state index contributed by atoms with van der Waals surface area (Å²) in [6.07, 6.45) is 18.6. The molecule has 3 nitrogen and oxygen atoms in total. The molecule has 3 heteroatoms. The van der Waals surface area contributed by atoms with Crippen LogP contribution in [0.3, 0.4) is 0 Å². The van der Waals surface area contributed by atoms with Gasteiger partial charge in [0.1, 0.15) is 5.82 Å². The molecule has 3 heterocycles. The molecule has 1 aromatic carbocycles. The van der Waals surface area contributed by atoms with Crippen molar-refractivity contribution in [1.29, 1.82) is 0 Å². The van der Waals surface area contributed by atoms with Gasteiger partial charge in [-0.15, -0.1) is 0 Å². The van der Waals surface area contributed by atoms with E-state index in [0.29, 0.717) is 0 Å². The van der Waals surface area contributed by atoms with Gasteiger partial charge >= 0.3 is 0 Å². The van der Waals surface area contributed by atoms with E-state index in [2.05, 4.69) is 59.8 Å². The van der Waals surface area contributed by atoms with Gasteiger partial charge in [-0.1, -0.05) is 42.5 Å². The monoisotopic (exact) mass is 354 g/mol. The Hall–Kier alpha value is -3.20. The third-order valence-corrected chi connectivity index (χ3v) is 5.40. The number of nitrogens with zero attached hydrogens (tertiary/aromatic N) is 1. The number of fused-ring (bicyclic) bond motifs is 5. The standard InChI is InChI=1S/C24H22N2O/c1-16-10-13-22(25-15-16)26-21-9-4-3-8-19(21)20-12-11-18-17(2)7-5-6-14-27-24(18)23(20)26/h4-7,9-14,25H,2-3,8,15H2,1H3/b7-5-,14-6-. The van der Waals surface area contributed by atoms with Crippen molar-refractivity contribution in [2.45, 2.75) is 19.8 Å². The third-order valence-electron chi connectivity index (χ3n) is 5.40. The number of allylic oxidation sites excluding steroid dienone is 7. The van der Waals surface area contributed by atoms with E-state index in [9.17, 15) is 0 Å². The molecule has 0 bridgehead atoms. The van der Waals surface area contributed by atoms with Gasteiger partial charge in [0.2, 0.25) is 0 Å². The Morgan fingerprint density at radius 1 is 1.15 bits per heavy atom. The predicted octanol–water partition coefficient (Wildman–Crippen LogP) is 5.42. The molecule has 0 fully saturated rings. The van der Waals surface area contributed by atoms with Crippen LogP contribution in [0.4, 0.5) is 0 Å². The second kappa shape index (κ2) is 6.20. The number of nitrogens with one attached hydrogen (secondary N) is 1. The van der Waals surface area contributed by atoms with Crippen molar-refractivity contribution in [3.05, 3.63) is 83.8 Å². The zero-order valence-corrected chi connectivity index (χ0v) is 15.5. The molecule has 5 rings (SSSR count). The second-order valence-corrected chi connectivity index (χ2v) is 7.23. The lowest BCUT2D eigenvalue weighted by atomic mass is 9.98. The minimum absolute atomic E-state index is 0.856. The zero-order valence-electron chi connectivity index (χ0n) is 15.5. The van der Waals surface area contributed by atoms with Crippen LogP contribution in [0, 0.1) is 0 Å². The Morgan fingerprint density at radius 2 is 2.07 bits per heavy atom. The molecule has 2 aliphatic heterocycles. The number of aromatic nitrogens is 1. The van der Waals surface area contributed by atoms with Crippen LogP contribution < -0.4 is 10.1 Å². The first kappa shape index (κ1) is 16.0. The Bertz CT molecular complexity index is 1120. The summed E-state index contributed by atoms with van der Waals surface area (Å²) in [5, 5.41) is 4.83. The fraction of sp³-hybridized carbons (Fsp3) is 0.167. The maximum atomic E-state index is 6.13. The molecule has 0 atom stereocenters. The van der Waals surface area contributed by atoms with E-state index in [1.807, 2.05) is 18.2 Å². The van der Waals surface area contributed by atoms with Crippen molar-refractivity contribution in [2.75, 3.05) is 6.54 Å². The Balaban J connectivity index is 1.88. The number of ether oxygens (including phenoxy) is 1. The SMILES string of the molecule is C=C1/C=C\C=C/Oc2c1ccc1c3c(n(C4=CC=C(C)CN4)c21)C=CCC3. The molecule has 3 aliphatic rings. The second-order valence-electron chi connectivity index (χ2n) is 7.23. The lowest BCUT2D eigenvalue weighted by Gasteiger charge is -2.21. The average Bonchev–Trinajstić information content (AvgIpc) is 3.01. The van der Waals surface area contributed by atoms with Gasteiger partial charge in [0, 0.05) is 17.5 Å². The molecule has 0 radical (unpaired) electrons. The summed E-state index contributed by atoms with van der Waals surface area (Å²) < 4.78 is 8.45. The normalized spacial score (nSPS) is 20.4. The summed E-state index contributed by atoms with van der Waals surface area (Å²) in [5.74, 6) is 1.96. The Labute approximate surface area is 159 Å². The van der Waals surface area contributed by atoms with E-state index >= 15 is 0 Å². The third kappa shape index (κ3) is 2.50. The summed E-state index contributed by atoms with van der Waals surface area (Å²) in [5.41, 5.74) is 7.06. The van der Waals surface area contributed by atoms with Crippen molar-refractivity contribution >= 4 is 28.4 Å². The fourth-order valence-corrected chi connectivity index (χ4v) is 4.05. The number of rotatable bonds is 1. The van der Waals surface area contributed by atoms with Gasteiger partial charge in [0.25, 0.3) is 0 Å². The molecule has 0 saturated heterocycles. The molecule has 2 aromatic rings. The first-order valence-electron chi connectivity index (χ1n) is 9.42. The molecule has 0 amide bonds. The molecular formula is C24H22N2O. The van der Waals surface area contributed by atoms with Crippen molar-refractivity contribution < 1.29 is 4.74 Å². The first-order valence-corrected chi connectivity index (χ1v) is 9.42. The van der Waals surface area contributed by atoms with Gasteiger partial charge in [0.15, 0.2) is 5.75 Å². The molecule has 1 aromatic heterocycles. The summed E-state index contributed by atoms with van der Waals surface area (Å²) >= 11 is 0. The fourth-order valence-electron chi connectivity index (χ4n) is 4.05. The lowest BCUT2D eigenvalue weighted by Crippen LogP contribution is -2.22. The van der Waals surface area contributed by atoms with Crippen LogP contribution in [0.15, 0.2) is 67.0 Å². The van der Waals surface area contributed by atoms with Gasteiger partial charge in [-0.25, -0.2) is 0 Å². The van der Waals surface area contributed by atoms with E-state index < -0.39 is 0 Å². The minimum atomic E-state index is 0.856. The Kier molecular flexibility index (Phi) is 3.68. The van der Waals surface area contributed by atoms with Crippen molar-refractivity contribution in [2.24, 2.45) is 0 Å². The predicted molar refractivity (Wildman–Crippen MR) is 113 cm³/mol. The van der Waals surface area contributed by atoms with Crippen LogP contribution in [-0.2, 0) is 6.42 Å². The topological polar surface area (TPSA) is 26.2 Å². The summed E-state index contributed by atoms with van der Waals surface area (Å²) in [4.78, 5) is 0. The summed E-state index contributed by atoms with van der Waals surface area (Å²) in [6.45, 7) is 7.23. The van der Waals surface area contributed by atoms with Crippen LogP contribution in [0.2, 0.25) is 0 Å². The molecule has 134 valence electrons. The van der Waals surface area contributed by atoms with E-state index in [1.165, 1.54) is 22.2 Å². The highest BCUT2D eigenvalue weighted by atomic mass is 16.5. The minimum Gasteiger partial charge on any atom is -0.462 e. The number of hydrogen-bond acceptors (Lipinski definition) is 2. The lowest BCUT2D eigenvalue weighted by molar-refractivity contribution is 0.483. The van der Waals surface area contributed by atoms with Crippen molar-refractivity contribution in [3.63, 3.8) is 0 Å². The highest BCUT2D eigenvalue weighted by molar-refractivity contribution is 5.99. The van der Waals surface area contributed by atoms with Gasteiger partial charge in [-0.2, -0.15) is 0 Å². The van der Waals surface area contributed by atoms with E-state index in [4.69, 9.17) is 4.74 Å². The van der Waals surface area contributed by atoms with Crippen molar-refractivity contribution in [1.82, 2.24) is 9.88 Å². The molecule has 0 unspecified atom stereocenters. The van der Waals surface area contributed by atoms with Gasteiger partial charge in [0.05, 0.1) is 17.5 Å². The van der Waals surface area contributed by atoms with E-state index in [0.717, 1.165) is 47.6 Å². The summed E-state index contributed by atoms with van der Waals surface area (Å²) in [6, 6.07) is 4.36. The van der Waals surface area contributed by atoms with E-state index in [-0.39, 0.29) is 0 Å². The quantitative estimate of drug-likeness (QED) is 0.739. The molecule has 0 saturated carbocycles. The molecule has 0 spiro atoms. The molecule has 1 aliphatic carbocycles. The van der Waals surface area contributed by atoms with Gasteiger partial charge in [-0.3, -0.25) is 4.57 Å². The highest BCUT2D eigenvalue weighted by Crippen LogP contribution is 2.42. The maximum absolute atomic E-state index is 6.13. The molecule has 1 N–H and O–H groups in total. The first-order chi connectivity index (χ1) is 13.2. The van der Waals surface area contributed by atoms with Crippen LogP contribution in [0.5, 0.6) is 5.75 Å². The summed E-state index contributed by atoms with van der Waals surface area (Å²) in [7, 11) is 0.